The van der Waals surface area contributed by atoms with Gasteiger partial charge in [0.2, 0.25) is 0 Å². The van der Waals surface area contributed by atoms with Gasteiger partial charge in [0.25, 0.3) is 5.89 Å². The van der Waals surface area contributed by atoms with Crippen molar-refractivity contribution >= 4 is 11.6 Å². The molecule has 108 valence electrons. The molecule has 1 aromatic carbocycles. The minimum Gasteiger partial charge on any atom is -0.334 e. The van der Waals surface area contributed by atoms with Gasteiger partial charge >= 0.3 is 0 Å². The molecule has 2 heterocycles. The van der Waals surface area contributed by atoms with Crippen LogP contribution in [-0.2, 0) is 6.54 Å². The van der Waals surface area contributed by atoms with Crippen LogP contribution in [0.25, 0.3) is 11.5 Å². The van der Waals surface area contributed by atoms with Crippen molar-refractivity contribution in [1.82, 2.24) is 25.1 Å². The predicted molar refractivity (Wildman–Crippen MR) is 76.5 cm³/mol. The first-order valence-electron chi connectivity index (χ1n) is 6.36. The number of nitrogens with two attached hydrogens (primary N) is 1. The van der Waals surface area contributed by atoms with Crippen LogP contribution in [0.4, 0.5) is 0 Å². The Hall–Kier alpha value is -2.25. The lowest BCUT2D eigenvalue weighted by Crippen LogP contribution is -2.05. The van der Waals surface area contributed by atoms with Crippen molar-refractivity contribution in [3.63, 3.8) is 0 Å². The summed E-state index contributed by atoms with van der Waals surface area (Å²) in [6.45, 7) is 2.20. The summed E-state index contributed by atoms with van der Waals surface area (Å²) in [6, 6.07) is 7.13. The van der Waals surface area contributed by atoms with Crippen molar-refractivity contribution in [2.45, 2.75) is 19.5 Å². The fourth-order valence-electron chi connectivity index (χ4n) is 1.81. The van der Waals surface area contributed by atoms with E-state index in [2.05, 4.69) is 20.5 Å². The maximum absolute atomic E-state index is 6.10. The van der Waals surface area contributed by atoms with Gasteiger partial charge in [0.1, 0.15) is 6.54 Å². The monoisotopic (exact) mass is 304 g/mol. The molecular formula is C13H13ClN6O. The normalized spacial score (nSPS) is 12.5. The molecule has 0 aliphatic rings. The second-order valence-electron chi connectivity index (χ2n) is 4.63. The van der Waals surface area contributed by atoms with E-state index in [4.69, 9.17) is 21.9 Å². The molecule has 0 fully saturated rings. The van der Waals surface area contributed by atoms with Crippen LogP contribution in [0.3, 0.4) is 0 Å². The van der Waals surface area contributed by atoms with Crippen molar-refractivity contribution in [2.24, 2.45) is 5.73 Å². The Kier molecular flexibility index (Phi) is 3.68. The Morgan fingerprint density at radius 2 is 2.19 bits per heavy atom. The Morgan fingerprint density at radius 3 is 2.90 bits per heavy atom. The standard InChI is InChI=1S/C13H13ClN6O/c1-8(15)11-6-20(19-17-11)7-12-16-13(21-18-12)9-4-2-3-5-10(9)14/h2-6,8H,7,15H2,1H3. The quantitative estimate of drug-likeness (QED) is 0.792. The third-order valence-electron chi connectivity index (χ3n) is 2.90. The SMILES string of the molecule is CC(N)c1cn(Cc2noc(-c3ccccc3Cl)n2)nn1. The minimum atomic E-state index is -0.164. The second-order valence-corrected chi connectivity index (χ2v) is 5.03. The predicted octanol–water partition coefficient (Wildman–Crippen LogP) is 2.05. The van der Waals surface area contributed by atoms with E-state index in [1.807, 2.05) is 25.1 Å². The van der Waals surface area contributed by atoms with Crippen LogP contribution in [-0.4, -0.2) is 25.1 Å². The number of nitrogens with zero attached hydrogens (tertiary/aromatic N) is 5. The molecule has 0 aliphatic heterocycles. The van der Waals surface area contributed by atoms with Gasteiger partial charge in [-0.2, -0.15) is 4.98 Å². The van der Waals surface area contributed by atoms with Gasteiger partial charge in [0, 0.05) is 6.04 Å². The van der Waals surface area contributed by atoms with Crippen LogP contribution in [0.15, 0.2) is 35.0 Å². The third kappa shape index (κ3) is 2.93. The molecule has 0 bridgehead atoms. The summed E-state index contributed by atoms with van der Waals surface area (Å²) in [6.07, 6.45) is 1.76. The van der Waals surface area contributed by atoms with E-state index in [0.717, 1.165) is 0 Å². The van der Waals surface area contributed by atoms with Gasteiger partial charge in [-0.3, -0.25) is 0 Å². The lowest BCUT2D eigenvalue weighted by Gasteiger charge is -1.96. The summed E-state index contributed by atoms with van der Waals surface area (Å²) < 4.78 is 6.84. The topological polar surface area (TPSA) is 95.7 Å². The summed E-state index contributed by atoms with van der Waals surface area (Å²) in [7, 11) is 0. The molecule has 0 spiro atoms. The number of benzene rings is 1. The first-order chi connectivity index (χ1) is 10.1. The number of halogens is 1. The number of hydrogen-bond acceptors (Lipinski definition) is 6. The molecule has 0 saturated carbocycles. The first kappa shape index (κ1) is 13.7. The van der Waals surface area contributed by atoms with Gasteiger partial charge in [-0.05, 0) is 19.1 Å². The summed E-state index contributed by atoms with van der Waals surface area (Å²) >= 11 is 6.10. The highest BCUT2D eigenvalue weighted by Crippen LogP contribution is 2.25. The fraction of sp³-hybridized carbons (Fsp3) is 0.231. The molecule has 2 N–H and O–H groups in total. The summed E-state index contributed by atoms with van der Waals surface area (Å²) in [5, 5.41) is 12.4. The van der Waals surface area contributed by atoms with Crippen LogP contribution in [0.5, 0.6) is 0 Å². The lowest BCUT2D eigenvalue weighted by molar-refractivity contribution is 0.418. The maximum atomic E-state index is 6.10. The molecule has 0 amide bonds. The van der Waals surface area contributed by atoms with Crippen LogP contribution in [0.2, 0.25) is 5.02 Å². The maximum Gasteiger partial charge on any atom is 0.259 e. The Labute approximate surface area is 125 Å². The molecular weight excluding hydrogens is 292 g/mol. The molecule has 3 rings (SSSR count). The van der Waals surface area contributed by atoms with Crippen LogP contribution in [0.1, 0.15) is 24.5 Å². The van der Waals surface area contributed by atoms with Crippen molar-refractivity contribution in [1.29, 1.82) is 0 Å². The van der Waals surface area contributed by atoms with Gasteiger partial charge in [0.15, 0.2) is 5.82 Å². The first-order valence-corrected chi connectivity index (χ1v) is 6.74. The molecule has 0 saturated heterocycles. The van der Waals surface area contributed by atoms with E-state index in [1.165, 1.54) is 0 Å². The lowest BCUT2D eigenvalue weighted by atomic mass is 10.2. The van der Waals surface area contributed by atoms with E-state index in [-0.39, 0.29) is 6.04 Å². The number of aromatic nitrogens is 5. The summed E-state index contributed by atoms with van der Waals surface area (Å²) in [5.74, 6) is 0.870. The van der Waals surface area contributed by atoms with Crippen LogP contribution >= 0.6 is 11.6 Å². The minimum absolute atomic E-state index is 0.164. The highest BCUT2D eigenvalue weighted by Gasteiger charge is 2.13. The van der Waals surface area contributed by atoms with E-state index in [0.29, 0.717) is 34.5 Å². The zero-order valence-corrected chi connectivity index (χ0v) is 12.0. The number of hydrogen-bond donors (Lipinski definition) is 1. The van der Waals surface area contributed by atoms with Gasteiger partial charge in [-0.25, -0.2) is 4.68 Å². The smallest absolute Gasteiger partial charge is 0.259 e. The molecule has 2 aromatic heterocycles. The Morgan fingerprint density at radius 1 is 1.38 bits per heavy atom. The van der Waals surface area contributed by atoms with E-state index in [1.54, 1.807) is 16.9 Å². The molecule has 8 heteroatoms. The second kappa shape index (κ2) is 5.63. The highest BCUT2D eigenvalue weighted by atomic mass is 35.5. The third-order valence-corrected chi connectivity index (χ3v) is 3.23. The van der Waals surface area contributed by atoms with Crippen LogP contribution in [0, 0.1) is 0 Å². The van der Waals surface area contributed by atoms with Crippen molar-refractivity contribution < 1.29 is 4.52 Å². The Bertz CT molecular complexity index is 750. The summed E-state index contributed by atoms with van der Waals surface area (Å²) in [5.41, 5.74) is 7.15. The van der Waals surface area contributed by atoms with Crippen molar-refractivity contribution in [3.05, 3.63) is 47.0 Å². The average molecular weight is 305 g/mol. The van der Waals surface area contributed by atoms with Gasteiger partial charge in [-0.15, -0.1) is 5.10 Å². The van der Waals surface area contributed by atoms with E-state index < -0.39 is 0 Å². The van der Waals surface area contributed by atoms with Crippen molar-refractivity contribution in [2.75, 3.05) is 0 Å². The van der Waals surface area contributed by atoms with Gasteiger partial charge in [0.05, 0.1) is 22.5 Å². The molecule has 0 aliphatic carbocycles. The molecule has 3 aromatic rings. The molecule has 21 heavy (non-hydrogen) atoms. The van der Waals surface area contributed by atoms with Gasteiger partial charge in [-0.1, -0.05) is 34.1 Å². The van der Waals surface area contributed by atoms with Gasteiger partial charge < -0.3 is 10.3 Å². The number of rotatable bonds is 4. The zero-order valence-electron chi connectivity index (χ0n) is 11.3. The Balaban J connectivity index is 1.80. The van der Waals surface area contributed by atoms with Crippen LogP contribution < -0.4 is 5.73 Å². The highest BCUT2D eigenvalue weighted by molar-refractivity contribution is 6.33. The zero-order chi connectivity index (χ0) is 14.8. The average Bonchev–Trinajstić information content (AvgIpc) is 3.09. The molecule has 1 atom stereocenters. The molecule has 0 radical (unpaired) electrons. The molecule has 7 nitrogen and oxygen atoms in total. The summed E-state index contributed by atoms with van der Waals surface area (Å²) in [4.78, 5) is 4.31. The van der Waals surface area contributed by atoms with E-state index in [9.17, 15) is 0 Å². The van der Waals surface area contributed by atoms with Crippen molar-refractivity contribution in [3.8, 4) is 11.5 Å². The van der Waals surface area contributed by atoms with E-state index >= 15 is 0 Å². The molecule has 1 unspecified atom stereocenters. The fourth-order valence-corrected chi connectivity index (χ4v) is 2.02. The largest absolute Gasteiger partial charge is 0.334 e.